The van der Waals surface area contributed by atoms with Gasteiger partial charge in [0.25, 0.3) is 10.0 Å². The molecule has 174 valence electrons. The first-order valence-corrected chi connectivity index (χ1v) is 12.3. The number of aryl methyl sites for hydroxylation is 2. The van der Waals surface area contributed by atoms with Crippen molar-refractivity contribution in [1.82, 2.24) is 9.55 Å². The number of para-hydroxylation sites is 1. The first kappa shape index (κ1) is 23.3. The summed E-state index contributed by atoms with van der Waals surface area (Å²) in [4.78, 5) is 17.3. The van der Waals surface area contributed by atoms with Gasteiger partial charge in [0, 0.05) is 43.7 Å². The molecular weight excluding hydrogens is 448 g/mol. The number of carbonyl (C=O) groups is 1. The van der Waals surface area contributed by atoms with Crippen LogP contribution in [0.15, 0.2) is 96.2 Å². The molecule has 34 heavy (non-hydrogen) atoms. The summed E-state index contributed by atoms with van der Waals surface area (Å²) >= 11 is 0. The molecule has 0 saturated heterocycles. The van der Waals surface area contributed by atoms with Gasteiger partial charge in [-0.15, -0.1) is 0 Å². The molecular formula is C26H26N4O3S. The van der Waals surface area contributed by atoms with E-state index in [9.17, 15) is 13.2 Å². The van der Waals surface area contributed by atoms with Crippen molar-refractivity contribution in [2.24, 2.45) is 7.05 Å². The first-order chi connectivity index (χ1) is 16.3. The highest BCUT2D eigenvalue weighted by molar-refractivity contribution is 7.92. The standard InChI is InChI=1S/C26H26N4O3S/c1-20-11-13-24(14-12-20)34(32,33)30(23-9-4-3-5-10-23)17-15-25(31)28-22-8-6-7-21(19-22)26-27-16-18-29(26)2/h3-14,16,18-19H,15,17H2,1-2H3,(H,28,31). The number of carbonyl (C=O) groups excluding carboxylic acids is 1. The van der Waals surface area contributed by atoms with E-state index in [0.717, 1.165) is 17.0 Å². The molecule has 7 nitrogen and oxygen atoms in total. The van der Waals surface area contributed by atoms with E-state index in [0.29, 0.717) is 11.4 Å². The molecule has 1 N–H and O–H groups in total. The minimum Gasteiger partial charge on any atom is -0.334 e. The average molecular weight is 475 g/mol. The average Bonchev–Trinajstić information content (AvgIpc) is 3.26. The second kappa shape index (κ2) is 9.93. The Labute approximate surface area is 199 Å². The zero-order valence-electron chi connectivity index (χ0n) is 19.0. The second-order valence-electron chi connectivity index (χ2n) is 7.97. The number of nitrogens with zero attached hydrogens (tertiary/aromatic N) is 3. The minimum atomic E-state index is -3.84. The molecule has 0 aliphatic rings. The van der Waals surface area contributed by atoms with Crippen molar-refractivity contribution in [3.8, 4) is 11.4 Å². The number of anilines is 2. The Hall–Kier alpha value is -3.91. The van der Waals surface area contributed by atoms with Gasteiger partial charge in [-0.05, 0) is 43.3 Å². The fraction of sp³-hybridized carbons (Fsp3) is 0.154. The molecule has 1 amide bonds. The minimum absolute atomic E-state index is 0.00507. The van der Waals surface area contributed by atoms with Crippen molar-refractivity contribution in [3.63, 3.8) is 0 Å². The fourth-order valence-corrected chi connectivity index (χ4v) is 5.09. The number of aromatic nitrogens is 2. The third-order valence-corrected chi connectivity index (χ3v) is 7.26. The first-order valence-electron chi connectivity index (χ1n) is 10.9. The molecule has 0 aliphatic carbocycles. The van der Waals surface area contributed by atoms with Crippen LogP contribution in [0.2, 0.25) is 0 Å². The topological polar surface area (TPSA) is 84.3 Å². The lowest BCUT2D eigenvalue weighted by atomic mass is 10.2. The van der Waals surface area contributed by atoms with Crippen LogP contribution in [0.1, 0.15) is 12.0 Å². The van der Waals surface area contributed by atoms with Crippen LogP contribution in [-0.4, -0.2) is 30.4 Å². The van der Waals surface area contributed by atoms with Gasteiger partial charge >= 0.3 is 0 Å². The Morgan fingerprint density at radius 3 is 2.41 bits per heavy atom. The molecule has 1 heterocycles. The summed E-state index contributed by atoms with van der Waals surface area (Å²) in [5, 5.41) is 2.87. The zero-order chi connectivity index (χ0) is 24.1. The molecule has 3 aromatic carbocycles. The third-order valence-electron chi connectivity index (χ3n) is 5.42. The quantitative estimate of drug-likeness (QED) is 0.404. The summed E-state index contributed by atoms with van der Waals surface area (Å²) in [6.45, 7) is 1.91. The molecule has 4 aromatic rings. The Balaban J connectivity index is 1.51. The normalized spacial score (nSPS) is 11.2. The van der Waals surface area contributed by atoms with Gasteiger partial charge < -0.3 is 9.88 Å². The molecule has 0 fully saturated rings. The molecule has 4 rings (SSSR count). The Morgan fingerprint density at radius 1 is 1.00 bits per heavy atom. The van der Waals surface area contributed by atoms with E-state index in [1.165, 1.54) is 4.31 Å². The monoisotopic (exact) mass is 474 g/mol. The lowest BCUT2D eigenvalue weighted by Crippen LogP contribution is -2.34. The molecule has 0 bridgehead atoms. The maximum Gasteiger partial charge on any atom is 0.264 e. The Bertz CT molecular complexity index is 1380. The van der Waals surface area contributed by atoms with E-state index < -0.39 is 10.0 Å². The summed E-state index contributed by atoms with van der Waals surface area (Å²) in [5.41, 5.74) is 2.97. The van der Waals surface area contributed by atoms with E-state index >= 15 is 0 Å². The van der Waals surface area contributed by atoms with Crippen molar-refractivity contribution < 1.29 is 13.2 Å². The van der Waals surface area contributed by atoms with Gasteiger partial charge in [0.15, 0.2) is 0 Å². The van der Waals surface area contributed by atoms with Crippen molar-refractivity contribution in [2.45, 2.75) is 18.2 Å². The van der Waals surface area contributed by atoms with Crippen molar-refractivity contribution in [2.75, 3.05) is 16.2 Å². The van der Waals surface area contributed by atoms with E-state index in [1.807, 2.05) is 49.0 Å². The lowest BCUT2D eigenvalue weighted by molar-refractivity contribution is -0.116. The Kier molecular flexibility index (Phi) is 6.79. The summed E-state index contributed by atoms with van der Waals surface area (Å²) < 4.78 is 30.0. The fourth-order valence-electron chi connectivity index (χ4n) is 3.63. The van der Waals surface area contributed by atoms with Crippen molar-refractivity contribution >= 4 is 27.3 Å². The number of hydrogen-bond donors (Lipinski definition) is 1. The highest BCUT2D eigenvalue weighted by Gasteiger charge is 2.25. The van der Waals surface area contributed by atoms with Crippen LogP contribution in [0.25, 0.3) is 11.4 Å². The summed E-state index contributed by atoms with van der Waals surface area (Å²) in [6.07, 6.45) is 3.56. The summed E-state index contributed by atoms with van der Waals surface area (Å²) in [5.74, 6) is 0.507. The van der Waals surface area contributed by atoms with Gasteiger partial charge in [-0.1, -0.05) is 48.0 Å². The van der Waals surface area contributed by atoms with E-state index in [1.54, 1.807) is 60.8 Å². The van der Waals surface area contributed by atoms with Crippen LogP contribution >= 0.6 is 0 Å². The predicted octanol–water partition coefficient (Wildman–Crippen LogP) is 4.62. The SMILES string of the molecule is Cc1ccc(S(=O)(=O)N(CCC(=O)Nc2cccc(-c3nccn3C)c2)c2ccccc2)cc1. The van der Waals surface area contributed by atoms with E-state index in [4.69, 9.17) is 0 Å². The second-order valence-corrected chi connectivity index (χ2v) is 9.83. The maximum absolute atomic E-state index is 13.4. The highest BCUT2D eigenvalue weighted by atomic mass is 32.2. The van der Waals surface area contributed by atoms with Gasteiger partial charge in [0.1, 0.15) is 5.82 Å². The maximum atomic E-state index is 13.4. The molecule has 0 saturated carbocycles. The van der Waals surface area contributed by atoms with E-state index in [-0.39, 0.29) is 23.8 Å². The van der Waals surface area contributed by atoms with Gasteiger partial charge in [0.2, 0.25) is 5.91 Å². The van der Waals surface area contributed by atoms with Crippen LogP contribution < -0.4 is 9.62 Å². The van der Waals surface area contributed by atoms with Gasteiger partial charge in [0.05, 0.1) is 10.6 Å². The van der Waals surface area contributed by atoms with Crippen molar-refractivity contribution in [1.29, 1.82) is 0 Å². The zero-order valence-corrected chi connectivity index (χ0v) is 19.9. The molecule has 0 radical (unpaired) electrons. The van der Waals surface area contributed by atoms with Crippen LogP contribution in [0, 0.1) is 6.92 Å². The smallest absolute Gasteiger partial charge is 0.264 e. The number of benzene rings is 3. The largest absolute Gasteiger partial charge is 0.334 e. The van der Waals surface area contributed by atoms with Crippen LogP contribution in [0.5, 0.6) is 0 Å². The highest BCUT2D eigenvalue weighted by Crippen LogP contribution is 2.25. The molecule has 1 aromatic heterocycles. The van der Waals surface area contributed by atoms with Crippen LogP contribution in [0.4, 0.5) is 11.4 Å². The van der Waals surface area contributed by atoms with Crippen molar-refractivity contribution in [3.05, 3.63) is 96.8 Å². The van der Waals surface area contributed by atoms with E-state index in [2.05, 4.69) is 10.3 Å². The number of imidazole rings is 1. The molecule has 0 atom stereocenters. The number of hydrogen-bond acceptors (Lipinski definition) is 4. The number of nitrogens with one attached hydrogen (secondary N) is 1. The molecule has 0 aliphatic heterocycles. The van der Waals surface area contributed by atoms with Gasteiger partial charge in [-0.3, -0.25) is 9.10 Å². The van der Waals surface area contributed by atoms with Gasteiger partial charge in [-0.25, -0.2) is 13.4 Å². The summed E-state index contributed by atoms with van der Waals surface area (Å²) in [6, 6.07) is 22.9. The molecule has 0 unspecified atom stereocenters. The molecule has 0 spiro atoms. The number of rotatable bonds is 8. The van der Waals surface area contributed by atoms with Crippen LogP contribution in [-0.2, 0) is 21.9 Å². The predicted molar refractivity (Wildman–Crippen MR) is 134 cm³/mol. The molecule has 8 heteroatoms. The number of amides is 1. The van der Waals surface area contributed by atoms with Gasteiger partial charge in [-0.2, -0.15) is 0 Å². The van der Waals surface area contributed by atoms with Crippen LogP contribution in [0.3, 0.4) is 0 Å². The number of sulfonamides is 1. The lowest BCUT2D eigenvalue weighted by Gasteiger charge is -2.24. The summed E-state index contributed by atoms with van der Waals surface area (Å²) in [7, 11) is -1.94. The third kappa shape index (κ3) is 5.18. The Morgan fingerprint density at radius 2 is 1.74 bits per heavy atom.